The van der Waals surface area contributed by atoms with Crippen molar-refractivity contribution in [1.82, 2.24) is 0 Å². The summed E-state index contributed by atoms with van der Waals surface area (Å²) in [4.78, 5) is 12.8. The summed E-state index contributed by atoms with van der Waals surface area (Å²) in [5, 5.41) is 0. The van der Waals surface area contributed by atoms with Crippen molar-refractivity contribution in [2.45, 2.75) is 12.8 Å². The van der Waals surface area contributed by atoms with Gasteiger partial charge in [-0.2, -0.15) is 0 Å². The molecule has 1 atom stereocenters. The minimum atomic E-state index is -0.420. The monoisotopic (exact) mass is 596 g/mol. The number of rotatable bonds is 3. The largest absolute Gasteiger partial charge is 0.487 e. The zero-order valence-electron chi connectivity index (χ0n) is 24.6. The van der Waals surface area contributed by atoms with Crippen molar-refractivity contribution in [2.75, 3.05) is 79.3 Å². The van der Waals surface area contributed by atoms with E-state index in [2.05, 4.69) is 0 Å². The van der Waals surface area contributed by atoms with Crippen LogP contribution in [0.1, 0.15) is 18.4 Å². The Balaban J connectivity index is 1.30. The number of esters is 1. The van der Waals surface area contributed by atoms with E-state index in [1.165, 1.54) is 0 Å². The first-order chi connectivity index (χ1) is 21.2. The fourth-order valence-electron chi connectivity index (χ4n) is 4.04. The Bertz CT molecular complexity index is 1220. The molecule has 232 valence electrons. The van der Waals surface area contributed by atoms with Crippen LogP contribution in [0.5, 0.6) is 28.7 Å². The van der Waals surface area contributed by atoms with E-state index in [1.807, 2.05) is 61.5 Å². The van der Waals surface area contributed by atoms with Gasteiger partial charge in [-0.25, -0.2) is 0 Å². The van der Waals surface area contributed by atoms with Gasteiger partial charge < -0.3 is 42.6 Å². The molecule has 0 aliphatic carbocycles. The maximum atomic E-state index is 12.8. The van der Waals surface area contributed by atoms with E-state index in [9.17, 15) is 4.79 Å². The predicted molar refractivity (Wildman–Crippen MR) is 159 cm³/mol. The molecule has 1 aliphatic heterocycles. The van der Waals surface area contributed by atoms with Crippen LogP contribution in [0.15, 0.2) is 72.8 Å². The van der Waals surface area contributed by atoms with Crippen molar-refractivity contribution in [3.63, 3.8) is 0 Å². The number of carbonyl (C=O) groups excluding carboxylic acids is 1. The molecule has 0 unspecified atom stereocenters. The average Bonchev–Trinajstić information content (AvgIpc) is 3.03. The van der Waals surface area contributed by atoms with Crippen LogP contribution in [-0.2, 0) is 23.7 Å². The van der Waals surface area contributed by atoms with E-state index in [0.717, 1.165) is 5.56 Å². The molecule has 10 nitrogen and oxygen atoms in total. The highest BCUT2D eigenvalue weighted by atomic mass is 16.6. The van der Waals surface area contributed by atoms with E-state index in [1.54, 1.807) is 18.2 Å². The average molecular weight is 597 g/mol. The van der Waals surface area contributed by atoms with Crippen LogP contribution >= 0.6 is 0 Å². The first-order valence-corrected chi connectivity index (χ1v) is 14.5. The van der Waals surface area contributed by atoms with Crippen LogP contribution in [0, 0.1) is 0 Å². The summed E-state index contributed by atoms with van der Waals surface area (Å²) in [6, 6.07) is 22.0. The molecule has 0 fully saturated rings. The quantitative estimate of drug-likeness (QED) is 0.313. The first-order valence-electron chi connectivity index (χ1n) is 14.5. The summed E-state index contributed by atoms with van der Waals surface area (Å²) >= 11 is 0. The predicted octanol–water partition coefficient (Wildman–Crippen LogP) is 4.69. The molecule has 0 saturated carbocycles. The molecule has 0 bridgehead atoms. The van der Waals surface area contributed by atoms with E-state index < -0.39 is 5.92 Å². The van der Waals surface area contributed by atoms with Crippen molar-refractivity contribution in [3.05, 3.63) is 78.4 Å². The zero-order chi connectivity index (χ0) is 30.0. The second kappa shape index (κ2) is 18.7. The Hall–Kier alpha value is -3.83. The lowest BCUT2D eigenvalue weighted by Crippen LogP contribution is -2.17. The Kier molecular flexibility index (Phi) is 13.9. The van der Waals surface area contributed by atoms with E-state index in [-0.39, 0.29) is 12.6 Å². The highest BCUT2D eigenvalue weighted by Gasteiger charge is 2.18. The van der Waals surface area contributed by atoms with Crippen LogP contribution < -0.4 is 23.7 Å². The van der Waals surface area contributed by atoms with Gasteiger partial charge in [-0.15, -0.1) is 0 Å². The van der Waals surface area contributed by atoms with Crippen LogP contribution in [0.3, 0.4) is 0 Å². The van der Waals surface area contributed by atoms with Crippen molar-refractivity contribution >= 4 is 5.97 Å². The molecule has 43 heavy (non-hydrogen) atoms. The number of ether oxygens (including phenoxy) is 9. The molecule has 3 aromatic carbocycles. The van der Waals surface area contributed by atoms with E-state index >= 15 is 0 Å². The highest BCUT2D eigenvalue weighted by Crippen LogP contribution is 2.32. The zero-order valence-corrected chi connectivity index (χ0v) is 24.6. The molecule has 0 saturated heterocycles. The molecule has 4 rings (SSSR count). The van der Waals surface area contributed by atoms with Gasteiger partial charge in [0.1, 0.15) is 32.2 Å². The molecule has 0 N–H and O–H groups in total. The number of benzene rings is 3. The van der Waals surface area contributed by atoms with Gasteiger partial charge in [0.15, 0.2) is 23.0 Å². The summed E-state index contributed by atoms with van der Waals surface area (Å²) in [5.74, 6) is 1.83. The second-order valence-electron chi connectivity index (χ2n) is 9.45. The topological polar surface area (TPSA) is 100 Å². The third kappa shape index (κ3) is 11.4. The smallest absolute Gasteiger partial charge is 0.318 e. The molecule has 3 aromatic rings. The maximum Gasteiger partial charge on any atom is 0.318 e. The molecular formula is C33H40O10. The molecule has 1 heterocycles. The van der Waals surface area contributed by atoms with Gasteiger partial charge in [0.25, 0.3) is 0 Å². The van der Waals surface area contributed by atoms with E-state index in [0.29, 0.717) is 101 Å². The lowest BCUT2D eigenvalue weighted by molar-refractivity contribution is -0.135. The first kappa shape index (κ1) is 32.1. The summed E-state index contributed by atoms with van der Waals surface area (Å²) < 4.78 is 51.7. The SMILES string of the molecule is C[C@@H](C(=O)Oc1ccc2c(c1)OCCOCCOCCOc1ccccc1OCCOCCOCCO2)c1ccccc1. The summed E-state index contributed by atoms with van der Waals surface area (Å²) in [5.41, 5.74) is 0.880. The molecular weight excluding hydrogens is 556 g/mol. The fourth-order valence-corrected chi connectivity index (χ4v) is 4.04. The molecule has 0 amide bonds. The molecule has 1 aliphatic rings. The summed E-state index contributed by atoms with van der Waals surface area (Å²) in [6.45, 7) is 6.32. The third-order valence-corrected chi connectivity index (χ3v) is 6.32. The van der Waals surface area contributed by atoms with Gasteiger partial charge in [-0.3, -0.25) is 4.79 Å². The van der Waals surface area contributed by atoms with Crippen LogP contribution in [0.25, 0.3) is 0 Å². The lowest BCUT2D eigenvalue weighted by atomic mass is 10.0. The number of fused-ring (bicyclic) bond motifs is 2. The third-order valence-electron chi connectivity index (χ3n) is 6.32. The van der Waals surface area contributed by atoms with Gasteiger partial charge in [0.05, 0.1) is 58.8 Å². The van der Waals surface area contributed by atoms with Gasteiger partial charge in [0, 0.05) is 6.07 Å². The van der Waals surface area contributed by atoms with Gasteiger partial charge in [-0.1, -0.05) is 42.5 Å². The normalized spacial score (nSPS) is 17.1. The number of carbonyl (C=O) groups is 1. The van der Waals surface area contributed by atoms with Crippen LogP contribution in [0.4, 0.5) is 0 Å². The van der Waals surface area contributed by atoms with Crippen molar-refractivity contribution in [3.8, 4) is 28.7 Å². The summed E-state index contributed by atoms with van der Waals surface area (Å²) in [6.07, 6.45) is 0. The van der Waals surface area contributed by atoms with Gasteiger partial charge in [0.2, 0.25) is 0 Å². The number of para-hydroxylation sites is 2. The molecule has 10 heteroatoms. The lowest BCUT2D eigenvalue weighted by Gasteiger charge is -2.16. The van der Waals surface area contributed by atoms with Crippen molar-refractivity contribution < 1.29 is 47.4 Å². The van der Waals surface area contributed by atoms with Crippen molar-refractivity contribution in [1.29, 1.82) is 0 Å². The van der Waals surface area contributed by atoms with Crippen LogP contribution in [-0.4, -0.2) is 85.3 Å². The fraction of sp³-hybridized carbons (Fsp3) is 0.424. The van der Waals surface area contributed by atoms with Gasteiger partial charge in [-0.05, 0) is 36.8 Å². The van der Waals surface area contributed by atoms with Crippen LogP contribution in [0.2, 0.25) is 0 Å². The summed E-state index contributed by atoms with van der Waals surface area (Å²) in [7, 11) is 0. The number of hydrogen-bond acceptors (Lipinski definition) is 10. The standard InChI is InChI=1S/C33H40O10/c1-26(27-7-3-2-4-8-27)33(34)43-28-11-12-31-32(25-28)42-24-20-38-16-15-36-18-22-40-30-10-6-5-9-29(30)39-21-17-35-13-14-37-19-23-41-31/h2-12,25-26H,13-24H2,1H3/t26-/m1/s1. The molecule has 0 spiro atoms. The Morgan fingerprint density at radius 3 is 1.47 bits per heavy atom. The minimum absolute atomic E-state index is 0.266. The van der Waals surface area contributed by atoms with E-state index in [4.69, 9.17) is 42.6 Å². The second-order valence-corrected chi connectivity index (χ2v) is 9.45. The highest BCUT2D eigenvalue weighted by molar-refractivity contribution is 5.80. The maximum absolute atomic E-state index is 12.8. The molecule has 0 aromatic heterocycles. The van der Waals surface area contributed by atoms with Gasteiger partial charge >= 0.3 is 5.97 Å². The Labute approximate surface area is 252 Å². The number of hydrogen-bond donors (Lipinski definition) is 0. The minimum Gasteiger partial charge on any atom is -0.487 e. The molecule has 0 radical (unpaired) electrons. The Morgan fingerprint density at radius 2 is 0.953 bits per heavy atom. The Morgan fingerprint density at radius 1 is 0.535 bits per heavy atom. The van der Waals surface area contributed by atoms with Crippen molar-refractivity contribution in [2.24, 2.45) is 0 Å².